The second-order valence-electron chi connectivity index (χ2n) is 5.74. The van der Waals surface area contributed by atoms with Gasteiger partial charge in [0.2, 0.25) is 0 Å². The first-order chi connectivity index (χ1) is 9.79. The molecule has 6 heteroatoms. The number of rotatable bonds is 2. The molecular formula is C15H16F2O4. The molecule has 1 fully saturated rings. The van der Waals surface area contributed by atoms with Gasteiger partial charge in [-0.2, -0.15) is 0 Å². The summed E-state index contributed by atoms with van der Waals surface area (Å²) in [6.07, 6.45) is -1.57. The molecular weight excluding hydrogens is 282 g/mol. The normalized spacial score (nSPS) is 30.2. The number of carbonyl (C=O) groups is 1. The van der Waals surface area contributed by atoms with E-state index in [1.54, 1.807) is 12.1 Å². The molecule has 0 atom stereocenters. The van der Waals surface area contributed by atoms with E-state index >= 15 is 0 Å². The lowest BCUT2D eigenvalue weighted by Crippen LogP contribution is -2.40. The summed E-state index contributed by atoms with van der Waals surface area (Å²) >= 11 is 0. The number of carbonyl (C=O) groups excluding carboxylic acids is 1. The molecule has 1 aromatic rings. The molecule has 1 aliphatic carbocycles. The smallest absolute Gasteiger partial charge is 0.395 e. The van der Waals surface area contributed by atoms with E-state index in [-0.39, 0.29) is 23.2 Å². The van der Waals surface area contributed by atoms with Gasteiger partial charge >= 0.3 is 6.29 Å². The minimum atomic E-state index is -3.61. The van der Waals surface area contributed by atoms with Crippen molar-refractivity contribution in [1.29, 1.82) is 0 Å². The third-order valence-corrected chi connectivity index (χ3v) is 4.36. The first-order valence-electron chi connectivity index (χ1n) is 6.92. The van der Waals surface area contributed by atoms with E-state index in [0.717, 1.165) is 5.56 Å². The highest BCUT2D eigenvalue weighted by Gasteiger charge is 2.44. The van der Waals surface area contributed by atoms with Crippen LogP contribution >= 0.6 is 0 Å². The van der Waals surface area contributed by atoms with E-state index in [1.165, 1.54) is 13.0 Å². The van der Waals surface area contributed by atoms with Crippen molar-refractivity contribution in [2.45, 2.75) is 50.4 Å². The van der Waals surface area contributed by atoms with Crippen molar-refractivity contribution >= 4 is 5.78 Å². The Balaban J connectivity index is 1.74. The number of halogens is 2. The first kappa shape index (κ1) is 14.3. The third kappa shape index (κ3) is 2.60. The highest BCUT2D eigenvalue weighted by Crippen LogP contribution is 2.45. The van der Waals surface area contributed by atoms with Gasteiger partial charge in [0.15, 0.2) is 17.3 Å². The molecule has 21 heavy (non-hydrogen) atoms. The largest absolute Gasteiger partial charge is 0.586 e. The van der Waals surface area contributed by atoms with Crippen molar-refractivity contribution in [1.82, 2.24) is 0 Å². The first-order valence-corrected chi connectivity index (χ1v) is 6.92. The Morgan fingerprint density at radius 3 is 2.48 bits per heavy atom. The van der Waals surface area contributed by atoms with Crippen molar-refractivity contribution in [2.75, 3.05) is 0 Å². The summed E-state index contributed by atoms with van der Waals surface area (Å²) < 4.78 is 34.8. The molecule has 0 radical (unpaired) electrons. The van der Waals surface area contributed by atoms with Crippen LogP contribution in [0.4, 0.5) is 8.78 Å². The highest BCUT2D eigenvalue weighted by atomic mass is 19.3. The fraction of sp³-hybridized carbons (Fsp3) is 0.533. The van der Waals surface area contributed by atoms with Gasteiger partial charge in [-0.3, -0.25) is 4.79 Å². The summed E-state index contributed by atoms with van der Waals surface area (Å²) in [5.74, 6) is -0.0382. The van der Waals surface area contributed by atoms with E-state index in [2.05, 4.69) is 9.47 Å². The zero-order valence-corrected chi connectivity index (χ0v) is 11.6. The molecule has 0 saturated heterocycles. The number of Topliss-reactive ketones (excluding diaryl/α,β-unsaturated/α-hetero) is 1. The fourth-order valence-electron chi connectivity index (χ4n) is 3.00. The minimum Gasteiger partial charge on any atom is -0.395 e. The summed E-state index contributed by atoms with van der Waals surface area (Å²) in [6, 6.07) is 4.75. The van der Waals surface area contributed by atoms with Crippen LogP contribution < -0.4 is 9.47 Å². The van der Waals surface area contributed by atoms with Crippen molar-refractivity contribution in [3.05, 3.63) is 23.8 Å². The maximum Gasteiger partial charge on any atom is 0.586 e. The monoisotopic (exact) mass is 298 g/mol. The molecule has 0 spiro atoms. The maximum atomic E-state index is 13.0. The summed E-state index contributed by atoms with van der Waals surface area (Å²) in [5, 5.41) is 10.1. The summed E-state index contributed by atoms with van der Waals surface area (Å²) in [7, 11) is 0. The average Bonchev–Trinajstić information content (AvgIpc) is 2.72. The molecule has 0 amide bonds. The fourth-order valence-corrected chi connectivity index (χ4v) is 3.00. The summed E-state index contributed by atoms with van der Waals surface area (Å²) in [4.78, 5) is 11.4. The third-order valence-electron chi connectivity index (χ3n) is 4.36. The molecule has 1 saturated carbocycles. The molecule has 1 N–H and O–H groups in total. The maximum absolute atomic E-state index is 13.0. The van der Waals surface area contributed by atoms with E-state index in [9.17, 15) is 18.7 Å². The number of benzene rings is 1. The number of alkyl halides is 2. The molecule has 4 nitrogen and oxygen atoms in total. The lowest BCUT2D eigenvalue weighted by Gasteiger charge is -2.34. The van der Waals surface area contributed by atoms with Crippen LogP contribution in [0.5, 0.6) is 11.5 Å². The zero-order chi connectivity index (χ0) is 15.3. The molecule has 1 heterocycles. The molecule has 114 valence electrons. The van der Waals surface area contributed by atoms with Crippen LogP contribution in [0.3, 0.4) is 0 Å². The van der Waals surface area contributed by atoms with Gasteiger partial charge in [-0.1, -0.05) is 6.07 Å². The Hall–Kier alpha value is -1.69. The Bertz CT molecular complexity index is 577. The van der Waals surface area contributed by atoms with Gasteiger partial charge in [0.05, 0.1) is 0 Å². The Labute approximate surface area is 120 Å². The second kappa shape index (κ2) is 4.66. The number of ether oxygens (including phenoxy) is 2. The van der Waals surface area contributed by atoms with Gasteiger partial charge < -0.3 is 14.6 Å². The van der Waals surface area contributed by atoms with Crippen LogP contribution in [0.1, 0.15) is 44.1 Å². The van der Waals surface area contributed by atoms with Crippen LogP contribution in [-0.4, -0.2) is 22.8 Å². The van der Waals surface area contributed by atoms with E-state index in [4.69, 9.17) is 0 Å². The second-order valence-corrected chi connectivity index (χ2v) is 5.74. The van der Waals surface area contributed by atoms with Crippen molar-refractivity contribution in [3.8, 4) is 11.5 Å². The molecule has 0 unspecified atom stereocenters. The predicted molar refractivity (Wildman–Crippen MR) is 69.5 cm³/mol. The lowest BCUT2D eigenvalue weighted by molar-refractivity contribution is -0.286. The van der Waals surface area contributed by atoms with Gasteiger partial charge in [-0.15, -0.1) is 8.78 Å². The number of fused-ring (bicyclic) bond motifs is 1. The number of aliphatic hydroxyl groups is 1. The van der Waals surface area contributed by atoms with Crippen LogP contribution in [0.15, 0.2) is 18.2 Å². The molecule has 0 aromatic heterocycles. The Morgan fingerprint density at radius 2 is 1.86 bits per heavy atom. The SMILES string of the molecule is CC(=O)C1(O)CCC(c2ccc3c(c2)OC(F)(F)O3)CC1. The van der Waals surface area contributed by atoms with Crippen molar-refractivity contribution in [3.63, 3.8) is 0 Å². The molecule has 1 aromatic carbocycles. The van der Waals surface area contributed by atoms with Crippen molar-refractivity contribution in [2.24, 2.45) is 0 Å². The molecule has 0 bridgehead atoms. The lowest BCUT2D eigenvalue weighted by atomic mass is 9.74. The van der Waals surface area contributed by atoms with Gasteiger partial charge in [-0.25, -0.2) is 0 Å². The van der Waals surface area contributed by atoms with Crippen LogP contribution in [-0.2, 0) is 4.79 Å². The number of hydrogen-bond acceptors (Lipinski definition) is 4. The topological polar surface area (TPSA) is 55.8 Å². The summed E-state index contributed by atoms with van der Waals surface area (Å²) in [5.41, 5.74) is -0.375. The Kier molecular flexibility index (Phi) is 3.16. The van der Waals surface area contributed by atoms with E-state index < -0.39 is 11.9 Å². The van der Waals surface area contributed by atoms with Gasteiger partial charge in [0.25, 0.3) is 0 Å². The average molecular weight is 298 g/mol. The van der Waals surface area contributed by atoms with E-state index in [0.29, 0.717) is 25.7 Å². The quantitative estimate of drug-likeness (QED) is 0.912. The molecule has 3 rings (SSSR count). The zero-order valence-electron chi connectivity index (χ0n) is 11.6. The van der Waals surface area contributed by atoms with Crippen LogP contribution in [0, 0.1) is 0 Å². The van der Waals surface area contributed by atoms with Crippen LogP contribution in [0.2, 0.25) is 0 Å². The molecule has 1 aliphatic heterocycles. The summed E-state index contributed by atoms with van der Waals surface area (Å²) in [6.45, 7) is 1.39. The number of ketones is 1. The molecule has 2 aliphatic rings. The highest BCUT2D eigenvalue weighted by molar-refractivity contribution is 5.84. The number of hydrogen-bond donors (Lipinski definition) is 1. The minimum absolute atomic E-state index is 0.0276. The van der Waals surface area contributed by atoms with Gasteiger partial charge in [0, 0.05) is 0 Å². The van der Waals surface area contributed by atoms with Crippen molar-refractivity contribution < 1.29 is 28.2 Å². The van der Waals surface area contributed by atoms with Gasteiger partial charge in [0.1, 0.15) is 5.60 Å². The van der Waals surface area contributed by atoms with E-state index in [1.807, 2.05) is 0 Å². The standard InChI is InChI=1S/C15H16F2O4/c1-9(18)14(19)6-4-10(5-7-14)11-2-3-12-13(8-11)21-15(16,17)20-12/h2-3,8,10,19H,4-7H2,1H3. The predicted octanol–water partition coefficient (Wildman–Crippen LogP) is 2.99. The van der Waals surface area contributed by atoms with Crippen LogP contribution in [0.25, 0.3) is 0 Å². The van der Waals surface area contributed by atoms with Gasteiger partial charge in [-0.05, 0) is 56.2 Å². The Morgan fingerprint density at radius 1 is 1.24 bits per heavy atom.